The summed E-state index contributed by atoms with van der Waals surface area (Å²) in [7, 11) is 1.71. The molecule has 0 aromatic heterocycles. The van der Waals surface area contributed by atoms with Gasteiger partial charge in [-0.15, -0.1) is 0 Å². The van der Waals surface area contributed by atoms with Crippen LogP contribution in [-0.4, -0.2) is 50.7 Å². The van der Waals surface area contributed by atoms with E-state index < -0.39 is 0 Å². The predicted molar refractivity (Wildman–Crippen MR) is 57.3 cm³/mol. The summed E-state index contributed by atoms with van der Waals surface area (Å²) in [6, 6.07) is 0. The number of rotatable bonds is 8. The summed E-state index contributed by atoms with van der Waals surface area (Å²) >= 11 is 0. The topological polar surface area (TPSA) is 41.6 Å². The maximum absolute atomic E-state index is 10.6. The number of carbonyl (C=O) groups excluding carboxylic acids is 1. The molecule has 4 heteroatoms. The largest absolute Gasteiger partial charge is 0.383 e. The average Bonchev–Trinajstić information content (AvgIpc) is 2.16. The van der Waals surface area contributed by atoms with Gasteiger partial charge in [-0.25, -0.2) is 0 Å². The molecule has 0 rings (SSSR count). The lowest BCUT2D eigenvalue weighted by atomic mass is 10.3. The molecular formula is C10H22N2O2. The van der Waals surface area contributed by atoms with Crippen LogP contribution in [0.4, 0.5) is 0 Å². The fraction of sp³-hybridized carbons (Fsp3) is 0.900. The van der Waals surface area contributed by atoms with E-state index >= 15 is 0 Å². The molecule has 0 aliphatic heterocycles. The highest BCUT2D eigenvalue weighted by atomic mass is 16.5. The number of nitrogens with zero attached hydrogens (tertiary/aromatic N) is 1. The van der Waals surface area contributed by atoms with Crippen molar-refractivity contribution in [1.29, 1.82) is 0 Å². The van der Waals surface area contributed by atoms with Crippen LogP contribution in [0.5, 0.6) is 0 Å². The lowest BCUT2D eigenvalue weighted by Gasteiger charge is -2.19. The molecule has 0 aromatic rings. The summed E-state index contributed by atoms with van der Waals surface area (Å²) in [6.45, 7) is 8.22. The monoisotopic (exact) mass is 202 g/mol. The molecule has 0 saturated carbocycles. The minimum absolute atomic E-state index is 0.0462. The van der Waals surface area contributed by atoms with E-state index in [1.54, 1.807) is 14.0 Å². The number of hydrogen-bond acceptors (Lipinski definition) is 3. The Morgan fingerprint density at radius 2 is 2.14 bits per heavy atom. The van der Waals surface area contributed by atoms with Gasteiger partial charge >= 0.3 is 0 Å². The Morgan fingerprint density at radius 3 is 2.64 bits per heavy atom. The molecule has 0 heterocycles. The predicted octanol–water partition coefficient (Wildman–Crippen LogP) is 0.481. The zero-order valence-corrected chi connectivity index (χ0v) is 9.51. The van der Waals surface area contributed by atoms with Crippen LogP contribution in [0, 0.1) is 0 Å². The van der Waals surface area contributed by atoms with Gasteiger partial charge in [-0.1, -0.05) is 6.92 Å². The first kappa shape index (κ1) is 13.4. The molecule has 84 valence electrons. The minimum Gasteiger partial charge on any atom is -0.383 e. The number of ether oxygens (including phenoxy) is 1. The molecule has 0 saturated heterocycles. The van der Waals surface area contributed by atoms with Crippen molar-refractivity contribution in [3.05, 3.63) is 0 Å². The number of nitrogens with one attached hydrogen (secondary N) is 1. The van der Waals surface area contributed by atoms with Crippen LogP contribution < -0.4 is 5.32 Å². The van der Waals surface area contributed by atoms with Gasteiger partial charge in [0.25, 0.3) is 0 Å². The van der Waals surface area contributed by atoms with Gasteiger partial charge < -0.3 is 15.0 Å². The molecule has 14 heavy (non-hydrogen) atoms. The van der Waals surface area contributed by atoms with E-state index in [0.717, 1.165) is 39.2 Å². The molecule has 0 spiro atoms. The Balaban J connectivity index is 3.37. The molecule has 0 aliphatic carbocycles. The van der Waals surface area contributed by atoms with Crippen LogP contribution in [0.25, 0.3) is 0 Å². The van der Waals surface area contributed by atoms with E-state index in [2.05, 4.69) is 17.1 Å². The molecule has 1 amide bonds. The van der Waals surface area contributed by atoms with Gasteiger partial charge in [0.05, 0.1) is 6.61 Å². The molecule has 0 bridgehead atoms. The van der Waals surface area contributed by atoms with Crippen LogP contribution in [0.1, 0.15) is 20.3 Å². The van der Waals surface area contributed by atoms with Gasteiger partial charge in [0.1, 0.15) is 0 Å². The molecule has 0 atom stereocenters. The first-order valence-electron chi connectivity index (χ1n) is 5.16. The quantitative estimate of drug-likeness (QED) is 0.582. The van der Waals surface area contributed by atoms with Crippen molar-refractivity contribution in [1.82, 2.24) is 10.2 Å². The van der Waals surface area contributed by atoms with Gasteiger partial charge in [0, 0.05) is 27.1 Å². The van der Waals surface area contributed by atoms with Gasteiger partial charge in [0.15, 0.2) is 0 Å². The third-order valence-corrected chi connectivity index (χ3v) is 2.08. The number of methoxy groups -OCH3 is 1. The number of likely N-dealkylation sites (N-methyl/N-ethyl adjacent to an activating group) is 1. The zero-order chi connectivity index (χ0) is 10.8. The minimum atomic E-state index is 0.0462. The average molecular weight is 202 g/mol. The molecule has 0 radical (unpaired) electrons. The second-order valence-corrected chi connectivity index (χ2v) is 3.26. The molecule has 0 aromatic carbocycles. The van der Waals surface area contributed by atoms with E-state index in [9.17, 15) is 4.79 Å². The molecule has 4 nitrogen and oxygen atoms in total. The summed E-state index contributed by atoms with van der Waals surface area (Å²) in [6.07, 6.45) is 0.997. The SMILES string of the molecule is CCN(CCCNC(C)=O)CCOC. The van der Waals surface area contributed by atoms with Gasteiger partial charge in [0.2, 0.25) is 5.91 Å². The number of carbonyl (C=O) groups is 1. The van der Waals surface area contributed by atoms with Crippen LogP contribution in [0.15, 0.2) is 0 Å². The fourth-order valence-electron chi connectivity index (χ4n) is 1.22. The summed E-state index contributed by atoms with van der Waals surface area (Å²) in [5, 5.41) is 2.78. The molecule has 1 N–H and O–H groups in total. The summed E-state index contributed by atoms with van der Waals surface area (Å²) in [5.41, 5.74) is 0. The summed E-state index contributed by atoms with van der Waals surface area (Å²) in [4.78, 5) is 12.9. The van der Waals surface area contributed by atoms with E-state index in [0.29, 0.717) is 0 Å². The Morgan fingerprint density at radius 1 is 1.43 bits per heavy atom. The highest BCUT2D eigenvalue weighted by Crippen LogP contribution is 1.90. The van der Waals surface area contributed by atoms with Crippen LogP contribution in [0.3, 0.4) is 0 Å². The molecule has 0 aliphatic rings. The van der Waals surface area contributed by atoms with Gasteiger partial charge in [-0.3, -0.25) is 4.79 Å². The van der Waals surface area contributed by atoms with E-state index in [-0.39, 0.29) is 5.91 Å². The number of hydrogen-bond donors (Lipinski definition) is 1. The van der Waals surface area contributed by atoms with Crippen molar-refractivity contribution >= 4 is 5.91 Å². The highest BCUT2D eigenvalue weighted by molar-refractivity contribution is 5.72. The second kappa shape index (κ2) is 8.97. The molecule has 0 fully saturated rings. The highest BCUT2D eigenvalue weighted by Gasteiger charge is 2.00. The Kier molecular flexibility index (Phi) is 8.57. The zero-order valence-electron chi connectivity index (χ0n) is 9.51. The fourth-order valence-corrected chi connectivity index (χ4v) is 1.22. The van der Waals surface area contributed by atoms with Gasteiger partial charge in [-0.2, -0.15) is 0 Å². The maximum Gasteiger partial charge on any atom is 0.216 e. The normalized spacial score (nSPS) is 10.6. The van der Waals surface area contributed by atoms with E-state index in [1.807, 2.05) is 0 Å². The lowest BCUT2D eigenvalue weighted by molar-refractivity contribution is -0.118. The summed E-state index contributed by atoms with van der Waals surface area (Å²) in [5.74, 6) is 0.0462. The smallest absolute Gasteiger partial charge is 0.216 e. The molecule has 0 unspecified atom stereocenters. The first-order chi connectivity index (χ1) is 6.70. The van der Waals surface area contributed by atoms with Crippen molar-refractivity contribution in [3.8, 4) is 0 Å². The van der Waals surface area contributed by atoms with Crippen molar-refractivity contribution in [3.63, 3.8) is 0 Å². The Bertz CT molecular complexity index is 151. The second-order valence-electron chi connectivity index (χ2n) is 3.26. The first-order valence-corrected chi connectivity index (χ1v) is 5.16. The van der Waals surface area contributed by atoms with Crippen molar-refractivity contribution in [2.45, 2.75) is 20.3 Å². The maximum atomic E-state index is 10.6. The number of amides is 1. The standard InChI is InChI=1S/C10H22N2O2/c1-4-12(8-9-14-3)7-5-6-11-10(2)13/h4-9H2,1-3H3,(H,11,13). The Hall–Kier alpha value is -0.610. The van der Waals surface area contributed by atoms with Crippen LogP contribution in [0.2, 0.25) is 0 Å². The van der Waals surface area contributed by atoms with Gasteiger partial charge in [-0.05, 0) is 19.5 Å². The van der Waals surface area contributed by atoms with Crippen LogP contribution >= 0.6 is 0 Å². The third kappa shape index (κ3) is 8.01. The van der Waals surface area contributed by atoms with Crippen molar-refractivity contribution in [2.24, 2.45) is 0 Å². The van der Waals surface area contributed by atoms with Crippen molar-refractivity contribution < 1.29 is 9.53 Å². The molecular weight excluding hydrogens is 180 g/mol. The van der Waals surface area contributed by atoms with E-state index in [1.165, 1.54) is 0 Å². The Labute approximate surface area is 86.6 Å². The lowest BCUT2D eigenvalue weighted by Crippen LogP contribution is -2.31. The van der Waals surface area contributed by atoms with E-state index in [4.69, 9.17) is 4.74 Å². The van der Waals surface area contributed by atoms with Crippen molar-refractivity contribution in [2.75, 3.05) is 39.9 Å². The third-order valence-electron chi connectivity index (χ3n) is 2.08. The van der Waals surface area contributed by atoms with Crippen LogP contribution in [-0.2, 0) is 9.53 Å². The summed E-state index contributed by atoms with van der Waals surface area (Å²) < 4.78 is 5.01.